The number of carbonyl (C=O) groups is 3. The molecule has 2 unspecified atom stereocenters. The maximum absolute atomic E-state index is 13.7. The van der Waals surface area contributed by atoms with Crippen molar-refractivity contribution < 1.29 is 24.2 Å². The van der Waals surface area contributed by atoms with Gasteiger partial charge in [0.2, 0.25) is 11.8 Å². The lowest BCUT2D eigenvalue weighted by molar-refractivity contribution is -0.142. The number of thiol groups is 1. The first-order chi connectivity index (χ1) is 16.6. The van der Waals surface area contributed by atoms with E-state index in [1.807, 2.05) is 6.92 Å². The molecule has 0 spiro atoms. The third-order valence-corrected chi connectivity index (χ3v) is 6.29. The van der Waals surface area contributed by atoms with Gasteiger partial charge in [-0.05, 0) is 57.7 Å². The van der Waals surface area contributed by atoms with Crippen molar-refractivity contribution in [2.45, 2.75) is 96.4 Å². The summed E-state index contributed by atoms with van der Waals surface area (Å²) in [7, 11) is 0. The van der Waals surface area contributed by atoms with Gasteiger partial charge in [0, 0.05) is 18.3 Å². The number of nitrogens with one attached hydrogen (secondary N) is 2. The van der Waals surface area contributed by atoms with Crippen LogP contribution in [0.3, 0.4) is 0 Å². The Kier molecular flexibility index (Phi) is 11.2. The highest BCUT2D eigenvalue weighted by atomic mass is 32.1. The molecule has 1 fully saturated rings. The standard InChI is InChI=1S/C26H41N3O5S/c1-5-6-16-29(24(32)21(17-35)28-25(33)34-26(2,3)4)22(18-12-14-20(30)15-13-18)23(31)27-19-10-8-7-9-11-19/h12-15,19,21-22,30,35H,5-11,16-17H2,1-4H3,(H,27,31)(H,28,33). The van der Waals surface area contributed by atoms with E-state index in [4.69, 9.17) is 4.74 Å². The molecule has 0 radical (unpaired) electrons. The molecule has 8 nitrogen and oxygen atoms in total. The van der Waals surface area contributed by atoms with E-state index in [0.717, 1.165) is 38.5 Å². The molecule has 3 amide bonds. The molecule has 0 saturated heterocycles. The highest BCUT2D eigenvalue weighted by Gasteiger charge is 2.36. The molecule has 9 heteroatoms. The second kappa shape index (κ2) is 13.6. The lowest BCUT2D eigenvalue weighted by Gasteiger charge is -2.35. The Balaban J connectivity index is 2.36. The Morgan fingerprint density at radius 2 is 1.77 bits per heavy atom. The van der Waals surface area contributed by atoms with Gasteiger partial charge in [0.15, 0.2) is 0 Å². The number of ether oxygens (including phenoxy) is 1. The van der Waals surface area contributed by atoms with Crippen LogP contribution in [0.25, 0.3) is 0 Å². The Morgan fingerprint density at radius 1 is 1.14 bits per heavy atom. The number of hydrogen-bond donors (Lipinski definition) is 4. The van der Waals surface area contributed by atoms with Gasteiger partial charge in [-0.1, -0.05) is 44.7 Å². The molecule has 1 aliphatic carbocycles. The number of benzene rings is 1. The molecule has 1 aromatic rings. The fourth-order valence-corrected chi connectivity index (χ4v) is 4.43. The van der Waals surface area contributed by atoms with Gasteiger partial charge in [-0.3, -0.25) is 9.59 Å². The first-order valence-electron chi connectivity index (χ1n) is 12.6. The van der Waals surface area contributed by atoms with Crippen LogP contribution in [0.4, 0.5) is 4.79 Å². The van der Waals surface area contributed by atoms with E-state index in [9.17, 15) is 19.5 Å². The smallest absolute Gasteiger partial charge is 0.408 e. The monoisotopic (exact) mass is 507 g/mol. The molecular weight excluding hydrogens is 466 g/mol. The highest BCUT2D eigenvalue weighted by Crippen LogP contribution is 2.27. The van der Waals surface area contributed by atoms with Crippen LogP contribution in [0.15, 0.2) is 24.3 Å². The second-order valence-corrected chi connectivity index (χ2v) is 10.5. The lowest BCUT2D eigenvalue weighted by atomic mass is 9.94. The average Bonchev–Trinajstić information content (AvgIpc) is 2.80. The minimum absolute atomic E-state index is 0.0489. The van der Waals surface area contributed by atoms with Crippen LogP contribution < -0.4 is 10.6 Å². The first-order valence-corrected chi connectivity index (χ1v) is 13.2. The third kappa shape index (κ3) is 9.28. The molecule has 1 saturated carbocycles. The van der Waals surface area contributed by atoms with Crippen molar-refractivity contribution >= 4 is 30.5 Å². The normalized spacial score (nSPS) is 16.1. The zero-order valence-electron chi connectivity index (χ0n) is 21.4. The number of carbonyl (C=O) groups excluding carboxylic acids is 3. The summed E-state index contributed by atoms with van der Waals surface area (Å²) in [5.74, 6) is -0.544. The van der Waals surface area contributed by atoms with E-state index >= 15 is 0 Å². The summed E-state index contributed by atoms with van der Waals surface area (Å²) in [5.41, 5.74) is -0.124. The van der Waals surface area contributed by atoms with Gasteiger partial charge in [-0.25, -0.2) is 4.79 Å². The molecule has 1 aromatic carbocycles. The minimum atomic E-state index is -0.966. The zero-order chi connectivity index (χ0) is 26.0. The van der Waals surface area contributed by atoms with Crippen LogP contribution in [0.5, 0.6) is 5.75 Å². The molecule has 1 aliphatic rings. The van der Waals surface area contributed by atoms with Gasteiger partial charge in [0.05, 0.1) is 0 Å². The molecule has 2 atom stereocenters. The van der Waals surface area contributed by atoms with Crippen molar-refractivity contribution in [3.63, 3.8) is 0 Å². The van der Waals surface area contributed by atoms with E-state index in [2.05, 4.69) is 23.3 Å². The second-order valence-electron chi connectivity index (χ2n) is 10.1. The average molecular weight is 508 g/mol. The van der Waals surface area contributed by atoms with Crippen LogP contribution in [0.1, 0.15) is 84.2 Å². The SMILES string of the molecule is CCCCN(C(=O)C(CS)NC(=O)OC(C)(C)C)C(C(=O)NC1CCCCC1)c1ccc(O)cc1. The Morgan fingerprint density at radius 3 is 2.31 bits per heavy atom. The molecule has 196 valence electrons. The summed E-state index contributed by atoms with van der Waals surface area (Å²) in [6.45, 7) is 7.57. The van der Waals surface area contributed by atoms with E-state index < -0.39 is 29.7 Å². The summed E-state index contributed by atoms with van der Waals surface area (Å²) in [5, 5.41) is 15.6. The quantitative estimate of drug-likeness (QED) is 0.353. The third-order valence-electron chi connectivity index (χ3n) is 5.93. The van der Waals surface area contributed by atoms with E-state index in [1.165, 1.54) is 17.0 Å². The van der Waals surface area contributed by atoms with E-state index in [1.54, 1.807) is 32.9 Å². The zero-order valence-corrected chi connectivity index (χ0v) is 22.3. The predicted molar refractivity (Wildman–Crippen MR) is 139 cm³/mol. The van der Waals surface area contributed by atoms with E-state index in [-0.39, 0.29) is 23.5 Å². The largest absolute Gasteiger partial charge is 0.508 e. The fraction of sp³-hybridized carbons (Fsp3) is 0.654. The van der Waals surface area contributed by atoms with Gasteiger partial charge in [-0.15, -0.1) is 0 Å². The van der Waals surface area contributed by atoms with Crippen LogP contribution >= 0.6 is 12.6 Å². The lowest BCUT2D eigenvalue weighted by Crippen LogP contribution is -2.54. The summed E-state index contributed by atoms with van der Waals surface area (Å²) in [6.07, 6.45) is 5.91. The number of amides is 3. The molecular formula is C26H41N3O5S. The molecule has 0 heterocycles. The van der Waals surface area contributed by atoms with Crippen molar-refractivity contribution in [2.24, 2.45) is 0 Å². The highest BCUT2D eigenvalue weighted by molar-refractivity contribution is 7.80. The molecule has 2 rings (SSSR count). The first kappa shape index (κ1) is 28.8. The molecule has 3 N–H and O–H groups in total. The van der Waals surface area contributed by atoms with Crippen molar-refractivity contribution in [1.29, 1.82) is 0 Å². The number of nitrogens with zero attached hydrogens (tertiary/aromatic N) is 1. The number of hydrogen-bond acceptors (Lipinski definition) is 6. The Hall–Kier alpha value is -2.42. The number of alkyl carbamates (subject to hydrolysis) is 1. The maximum atomic E-state index is 13.7. The molecule has 0 aliphatic heterocycles. The summed E-state index contributed by atoms with van der Waals surface area (Å²) >= 11 is 4.30. The number of aromatic hydroxyl groups is 1. The van der Waals surface area contributed by atoms with Crippen molar-refractivity contribution in [3.05, 3.63) is 29.8 Å². The van der Waals surface area contributed by atoms with Gasteiger partial charge in [0.25, 0.3) is 0 Å². The Labute approximate surface area is 214 Å². The topological polar surface area (TPSA) is 108 Å². The summed E-state index contributed by atoms with van der Waals surface area (Å²) in [4.78, 5) is 41.3. The van der Waals surface area contributed by atoms with Crippen LogP contribution in [0, 0.1) is 0 Å². The number of unbranched alkanes of at least 4 members (excludes halogenated alkanes) is 1. The molecule has 0 aromatic heterocycles. The Bertz CT molecular complexity index is 834. The van der Waals surface area contributed by atoms with Crippen LogP contribution in [-0.4, -0.2) is 57.9 Å². The van der Waals surface area contributed by atoms with E-state index in [0.29, 0.717) is 18.5 Å². The van der Waals surface area contributed by atoms with Crippen LogP contribution in [0.2, 0.25) is 0 Å². The van der Waals surface area contributed by atoms with Crippen LogP contribution in [-0.2, 0) is 14.3 Å². The van der Waals surface area contributed by atoms with Crippen molar-refractivity contribution in [3.8, 4) is 5.75 Å². The van der Waals surface area contributed by atoms with Gasteiger partial charge < -0.3 is 25.4 Å². The molecule has 0 bridgehead atoms. The summed E-state index contributed by atoms with van der Waals surface area (Å²) in [6, 6.07) is 4.53. The molecule has 35 heavy (non-hydrogen) atoms. The van der Waals surface area contributed by atoms with Gasteiger partial charge >= 0.3 is 6.09 Å². The van der Waals surface area contributed by atoms with Crippen molar-refractivity contribution in [1.82, 2.24) is 15.5 Å². The van der Waals surface area contributed by atoms with Gasteiger partial charge in [0.1, 0.15) is 23.4 Å². The predicted octanol–water partition coefficient (Wildman–Crippen LogP) is 4.33. The minimum Gasteiger partial charge on any atom is -0.508 e. The number of phenols is 1. The van der Waals surface area contributed by atoms with Crippen molar-refractivity contribution in [2.75, 3.05) is 12.3 Å². The number of rotatable bonds is 10. The summed E-state index contributed by atoms with van der Waals surface area (Å²) < 4.78 is 5.33. The number of phenolic OH excluding ortho intramolecular Hbond substituents is 1. The maximum Gasteiger partial charge on any atom is 0.408 e. The fourth-order valence-electron chi connectivity index (χ4n) is 4.19. The van der Waals surface area contributed by atoms with Gasteiger partial charge in [-0.2, -0.15) is 12.6 Å².